The number of nitrogens with one attached hydrogen (secondary N) is 1. The summed E-state index contributed by atoms with van der Waals surface area (Å²) in [5.41, 5.74) is 0.664. The van der Waals surface area contributed by atoms with Crippen molar-refractivity contribution in [3.8, 4) is 11.5 Å². The number of methoxy groups -OCH3 is 1. The lowest BCUT2D eigenvalue weighted by Gasteiger charge is -2.24. The van der Waals surface area contributed by atoms with Gasteiger partial charge in [-0.15, -0.1) is 0 Å². The molecule has 0 fully saturated rings. The Hall–Kier alpha value is -2.82. The minimum absolute atomic E-state index is 0.0351. The van der Waals surface area contributed by atoms with E-state index in [9.17, 15) is 23.2 Å². The first-order chi connectivity index (χ1) is 13.8. The first kappa shape index (κ1) is 20.9. The van der Waals surface area contributed by atoms with Gasteiger partial charge in [0.25, 0.3) is 5.91 Å². The van der Waals surface area contributed by atoms with Crippen molar-refractivity contribution in [2.75, 3.05) is 32.2 Å². The van der Waals surface area contributed by atoms with Gasteiger partial charge in [-0.05, 0) is 35.9 Å². The summed E-state index contributed by atoms with van der Waals surface area (Å²) in [5.74, 6) is -0.322. The van der Waals surface area contributed by atoms with E-state index in [0.29, 0.717) is 28.6 Å². The van der Waals surface area contributed by atoms with Crippen LogP contribution in [0.3, 0.4) is 0 Å². The zero-order valence-corrected chi connectivity index (χ0v) is 15.5. The number of nitrogens with zero attached hydrogens (tertiary/aromatic N) is 1. The largest absolute Gasteiger partial charge is 0.453 e. The summed E-state index contributed by atoms with van der Waals surface area (Å²) in [5, 5.41) is 13.4. The van der Waals surface area contributed by atoms with E-state index in [1.54, 1.807) is 12.1 Å². The van der Waals surface area contributed by atoms with Crippen molar-refractivity contribution in [2.24, 2.45) is 0 Å². The first-order valence-corrected chi connectivity index (χ1v) is 8.63. The maximum absolute atomic E-state index is 12.9. The third-order valence-corrected chi connectivity index (χ3v) is 4.12. The Bertz CT molecular complexity index is 889. The van der Waals surface area contributed by atoms with E-state index in [-0.39, 0.29) is 31.3 Å². The van der Waals surface area contributed by atoms with Crippen LogP contribution in [0.2, 0.25) is 0 Å². The molecule has 2 N–H and O–H groups in total. The number of benzene rings is 2. The summed E-state index contributed by atoms with van der Waals surface area (Å²) < 4.78 is 54.2. The molecule has 0 unspecified atom stereocenters. The van der Waals surface area contributed by atoms with Crippen molar-refractivity contribution in [3.63, 3.8) is 0 Å². The van der Waals surface area contributed by atoms with E-state index in [4.69, 9.17) is 14.2 Å². The van der Waals surface area contributed by atoms with Crippen LogP contribution in [-0.2, 0) is 27.0 Å². The van der Waals surface area contributed by atoms with E-state index >= 15 is 0 Å². The van der Waals surface area contributed by atoms with Crippen molar-refractivity contribution >= 4 is 17.3 Å². The number of carbonyl (C=O) groups excluding carboxylic acids is 1. The number of amides is 1. The predicted octanol–water partition coefficient (Wildman–Crippen LogP) is 3.94. The second-order valence-electron chi connectivity index (χ2n) is 6.26. The highest BCUT2D eigenvalue weighted by molar-refractivity contribution is 5.77. The molecular weight excluding hydrogens is 393 g/mol. The molecule has 0 atom stereocenters. The van der Waals surface area contributed by atoms with Crippen LogP contribution in [0.15, 0.2) is 36.4 Å². The Balaban J connectivity index is 1.67. The van der Waals surface area contributed by atoms with Gasteiger partial charge in [-0.2, -0.15) is 13.2 Å². The highest BCUT2D eigenvalue weighted by atomic mass is 19.4. The molecule has 0 saturated heterocycles. The van der Waals surface area contributed by atoms with Gasteiger partial charge in [0.2, 0.25) is 0 Å². The quantitative estimate of drug-likeness (QED) is 0.348. The van der Waals surface area contributed by atoms with Crippen LogP contribution in [0.4, 0.5) is 24.5 Å². The molecule has 0 bridgehead atoms. The molecule has 7 nitrogen and oxygen atoms in total. The number of rotatable bonds is 7. The predicted molar refractivity (Wildman–Crippen MR) is 96.3 cm³/mol. The van der Waals surface area contributed by atoms with Crippen LogP contribution >= 0.6 is 0 Å². The molecule has 3 rings (SSSR count). The van der Waals surface area contributed by atoms with E-state index < -0.39 is 17.6 Å². The molecule has 1 aliphatic heterocycles. The highest BCUT2D eigenvalue weighted by Crippen LogP contribution is 2.44. The van der Waals surface area contributed by atoms with Crippen LogP contribution in [0, 0.1) is 0 Å². The summed E-state index contributed by atoms with van der Waals surface area (Å²) in [6, 6.07) is 8.03. The molecule has 0 saturated carbocycles. The van der Waals surface area contributed by atoms with E-state index in [1.807, 2.05) is 0 Å². The van der Waals surface area contributed by atoms with Gasteiger partial charge in [-0.3, -0.25) is 10.0 Å². The molecule has 156 valence electrons. The monoisotopic (exact) mass is 412 g/mol. The first-order valence-electron chi connectivity index (χ1n) is 8.63. The van der Waals surface area contributed by atoms with Crippen molar-refractivity contribution < 1.29 is 37.4 Å². The second-order valence-corrected chi connectivity index (χ2v) is 6.26. The third-order valence-electron chi connectivity index (χ3n) is 4.12. The molecule has 2 aromatic rings. The molecule has 1 aliphatic rings. The number of hydrogen-bond acceptors (Lipinski definition) is 6. The normalized spacial score (nSPS) is 12.4. The third kappa shape index (κ3) is 5.17. The number of hydrogen-bond donors (Lipinski definition) is 2. The van der Waals surface area contributed by atoms with Gasteiger partial charge in [0.15, 0.2) is 11.5 Å². The molecule has 0 spiro atoms. The van der Waals surface area contributed by atoms with Gasteiger partial charge in [0.1, 0.15) is 6.61 Å². The average molecular weight is 412 g/mol. The minimum Gasteiger partial charge on any atom is -0.453 e. The maximum atomic E-state index is 12.9. The molecule has 10 heteroatoms. The highest BCUT2D eigenvalue weighted by Gasteiger charge is 2.32. The second kappa shape index (κ2) is 8.68. The Kier molecular flexibility index (Phi) is 6.26. The van der Waals surface area contributed by atoms with Crippen LogP contribution in [-0.4, -0.2) is 43.1 Å². The average Bonchev–Trinajstić information content (AvgIpc) is 2.68. The van der Waals surface area contributed by atoms with Crippen LogP contribution < -0.4 is 10.1 Å². The van der Waals surface area contributed by atoms with Gasteiger partial charge in [0.05, 0.1) is 36.7 Å². The zero-order valence-electron chi connectivity index (χ0n) is 15.5. The van der Waals surface area contributed by atoms with Crippen molar-refractivity contribution in [3.05, 3.63) is 47.5 Å². The summed E-state index contributed by atoms with van der Waals surface area (Å²) >= 11 is 0. The fourth-order valence-corrected chi connectivity index (χ4v) is 2.64. The van der Waals surface area contributed by atoms with Crippen molar-refractivity contribution in [1.29, 1.82) is 0 Å². The standard InChI is InChI=1S/C19H19F3N2O5/c1-27-6-7-28-11-18(25)24(26)10-12-2-4-14-16(8-12)29-17-9-13(19(20,21)22)3-5-15(17)23-14/h2-5,8-9,23,26H,6-7,10-11H2,1H3. The van der Waals surface area contributed by atoms with Gasteiger partial charge < -0.3 is 19.5 Å². The topological polar surface area (TPSA) is 80.3 Å². The fourth-order valence-electron chi connectivity index (χ4n) is 2.64. The SMILES string of the molecule is COCCOCC(=O)N(O)Cc1ccc2c(c1)Oc1cc(C(F)(F)F)ccc1N2. The van der Waals surface area contributed by atoms with E-state index in [2.05, 4.69) is 5.32 Å². The number of alkyl halides is 3. The molecule has 0 aromatic heterocycles. The van der Waals surface area contributed by atoms with Gasteiger partial charge in [-0.25, -0.2) is 5.06 Å². The molecule has 0 radical (unpaired) electrons. The smallest absolute Gasteiger partial charge is 0.416 e. The minimum atomic E-state index is -4.48. The lowest BCUT2D eigenvalue weighted by Crippen LogP contribution is -2.30. The molecular formula is C19H19F3N2O5. The molecule has 1 amide bonds. The van der Waals surface area contributed by atoms with E-state index in [0.717, 1.165) is 12.1 Å². The lowest BCUT2D eigenvalue weighted by molar-refractivity contribution is -0.173. The van der Waals surface area contributed by atoms with Crippen LogP contribution in [0.1, 0.15) is 11.1 Å². The summed E-state index contributed by atoms with van der Waals surface area (Å²) in [6.07, 6.45) is -4.48. The fraction of sp³-hybridized carbons (Fsp3) is 0.316. The molecule has 2 aromatic carbocycles. The Morgan fingerprint density at radius 2 is 1.83 bits per heavy atom. The summed E-state index contributed by atoms with van der Waals surface area (Å²) in [7, 11) is 1.50. The van der Waals surface area contributed by atoms with Crippen LogP contribution in [0.5, 0.6) is 11.5 Å². The number of halogens is 3. The van der Waals surface area contributed by atoms with Crippen molar-refractivity contribution in [1.82, 2.24) is 5.06 Å². The number of anilines is 2. The Morgan fingerprint density at radius 3 is 2.52 bits per heavy atom. The lowest BCUT2D eigenvalue weighted by atomic mass is 10.1. The van der Waals surface area contributed by atoms with Gasteiger partial charge in [0, 0.05) is 7.11 Å². The van der Waals surface area contributed by atoms with Gasteiger partial charge >= 0.3 is 6.18 Å². The van der Waals surface area contributed by atoms with Crippen LogP contribution in [0.25, 0.3) is 0 Å². The number of ether oxygens (including phenoxy) is 3. The number of hydroxylamine groups is 2. The molecule has 0 aliphatic carbocycles. The Morgan fingerprint density at radius 1 is 1.14 bits per heavy atom. The number of fused-ring (bicyclic) bond motifs is 2. The zero-order chi connectivity index (χ0) is 21.0. The Labute approximate surface area is 164 Å². The molecule has 1 heterocycles. The summed E-state index contributed by atoms with van der Waals surface area (Å²) in [4.78, 5) is 11.9. The van der Waals surface area contributed by atoms with Gasteiger partial charge in [-0.1, -0.05) is 6.07 Å². The summed E-state index contributed by atoms with van der Waals surface area (Å²) in [6.45, 7) is 0.0914. The molecule has 29 heavy (non-hydrogen) atoms. The van der Waals surface area contributed by atoms with Crippen molar-refractivity contribution in [2.45, 2.75) is 12.7 Å². The van der Waals surface area contributed by atoms with E-state index in [1.165, 1.54) is 19.2 Å². The number of carbonyl (C=O) groups is 1. The maximum Gasteiger partial charge on any atom is 0.416 e.